The topological polar surface area (TPSA) is 94.8 Å². The Hall–Kier alpha value is -2.87. The van der Waals surface area contributed by atoms with Gasteiger partial charge in [0, 0.05) is 11.6 Å². The van der Waals surface area contributed by atoms with E-state index in [9.17, 15) is 14.4 Å². The zero-order valence-corrected chi connectivity index (χ0v) is 14.4. The number of rotatable bonds is 5. The summed E-state index contributed by atoms with van der Waals surface area (Å²) in [6, 6.07) is 7.97. The number of nitrogens with one attached hydrogen (secondary N) is 1. The minimum atomic E-state index is -0.671. The van der Waals surface area contributed by atoms with Crippen LogP contribution in [0.5, 0.6) is 5.75 Å². The Morgan fingerprint density at radius 2 is 2.12 bits per heavy atom. The van der Waals surface area contributed by atoms with Crippen molar-refractivity contribution < 1.29 is 28.3 Å². The first-order valence-corrected chi connectivity index (χ1v) is 8.00. The molecule has 0 radical (unpaired) electrons. The number of amides is 1. The number of halogens is 1. The van der Waals surface area contributed by atoms with Gasteiger partial charge in [0.1, 0.15) is 11.5 Å². The molecule has 0 unspecified atom stereocenters. The van der Waals surface area contributed by atoms with Crippen LogP contribution in [0.3, 0.4) is 0 Å². The number of fused-ring (bicyclic) bond motifs is 1. The van der Waals surface area contributed by atoms with Gasteiger partial charge in [-0.05, 0) is 52.3 Å². The summed E-state index contributed by atoms with van der Waals surface area (Å²) < 4.78 is 15.9. The maximum absolute atomic E-state index is 12.1. The summed E-state index contributed by atoms with van der Waals surface area (Å²) >= 11 is 3.15. The molecule has 7 nitrogen and oxygen atoms in total. The van der Waals surface area contributed by atoms with E-state index in [1.54, 1.807) is 24.3 Å². The molecule has 2 heterocycles. The van der Waals surface area contributed by atoms with E-state index < -0.39 is 18.4 Å². The Morgan fingerprint density at radius 3 is 2.88 bits per heavy atom. The molecule has 0 saturated heterocycles. The Morgan fingerprint density at radius 1 is 1.28 bits per heavy atom. The van der Waals surface area contributed by atoms with Gasteiger partial charge in [0.15, 0.2) is 23.7 Å². The fourth-order valence-corrected chi connectivity index (χ4v) is 2.41. The van der Waals surface area contributed by atoms with Crippen molar-refractivity contribution in [1.82, 2.24) is 0 Å². The second-order valence-electron chi connectivity index (χ2n) is 5.05. The van der Waals surface area contributed by atoms with Gasteiger partial charge < -0.3 is 19.2 Å². The molecular weight excluding hydrogens is 394 g/mol. The molecule has 0 fully saturated rings. The van der Waals surface area contributed by atoms with Gasteiger partial charge in [-0.1, -0.05) is 0 Å². The second kappa shape index (κ2) is 7.35. The number of hydrogen-bond donors (Lipinski definition) is 1. The molecule has 1 aromatic carbocycles. The van der Waals surface area contributed by atoms with Gasteiger partial charge in [-0.2, -0.15) is 0 Å². The smallest absolute Gasteiger partial charge is 0.331 e. The number of ketones is 1. The molecule has 1 amide bonds. The Kier molecular flexibility index (Phi) is 4.99. The van der Waals surface area contributed by atoms with Crippen molar-refractivity contribution in [3.63, 3.8) is 0 Å². The highest BCUT2D eigenvalue weighted by Gasteiger charge is 2.18. The lowest BCUT2D eigenvalue weighted by atomic mass is 10.1. The van der Waals surface area contributed by atoms with Crippen molar-refractivity contribution in [1.29, 1.82) is 0 Å². The molecule has 0 aliphatic carbocycles. The van der Waals surface area contributed by atoms with Gasteiger partial charge in [0.2, 0.25) is 0 Å². The van der Waals surface area contributed by atoms with E-state index in [2.05, 4.69) is 21.2 Å². The zero-order chi connectivity index (χ0) is 17.8. The lowest BCUT2D eigenvalue weighted by Gasteiger charge is -2.18. The summed E-state index contributed by atoms with van der Waals surface area (Å²) in [5.74, 6) is -0.403. The standard InChI is InChI=1S/C17H12BrNO6/c18-15-5-2-11(25-15)3-6-17(22)24-8-13(20)10-1-4-14-12(7-10)19-16(21)9-23-14/h1-7H,8-9H2,(H,19,21)/b6-3+. The number of hydrogen-bond acceptors (Lipinski definition) is 6. The fourth-order valence-electron chi connectivity index (χ4n) is 2.09. The molecule has 1 N–H and O–H groups in total. The molecule has 1 aromatic heterocycles. The summed E-state index contributed by atoms with van der Waals surface area (Å²) in [6.07, 6.45) is 2.60. The highest BCUT2D eigenvalue weighted by Crippen LogP contribution is 2.28. The normalized spacial score (nSPS) is 13.1. The van der Waals surface area contributed by atoms with Crippen molar-refractivity contribution in [2.75, 3.05) is 18.5 Å². The number of ether oxygens (including phenoxy) is 2. The highest BCUT2D eigenvalue weighted by atomic mass is 79.9. The molecule has 25 heavy (non-hydrogen) atoms. The SMILES string of the molecule is O=C1COc2ccc(C(=O)COC(=O)/C=C/c3ccc(Br)o3)cc2N1. The van der Waals surface area contributed by atoms with E-state index in [1.807, 2.05) is 0 Å². The average Bonchev–Trinajstić information content (AvgIpc) is 3.02. The molecule has 3 rings (SSSR count). The molecule has 1 aliphatic heterocycles. The third kappa shape index (κ3) is 4.36. The zero-order valence-electron chi connectivity index (χ0n) is 12.8. The maximum Gasteiger partial charge on any atom is 0.331 e. The van der Waals surface area contributed by atoms with Gasteiger partial charge in [0.25, 0.3) is 5.91 Å². The molecule has 0 atom stereocenters. The van der Waals surface area contributed by atoms with Gasteiger partial charge in [0.05, 0.1) is 5.69 Å². The summed E-state index contributed by atoms with van der Waals surface area (Å²) in [5, 5.41) is 2.61. The highest BCUT2D eigenvalue weighted by molar-refractivity contribution is 9.10. The molecule has 0 spiro atoms. The molecule has 1 aliphatic rings. The first kappa shape index (κ1) is 17.0. The second-order valence-corrected chi connectivity index (χ2v) is 5.84. The van der Waals surface area contributed by atoms with Gasteiger partial charge in [-0.15, -0.1) is 0 Å². The first-order valence-electron chi connectivity index (χ1n) is 7.21. The number of Topliss-reactive ketones (excluding diaryl/α,β-unsaturated/α-hetero) is 1. The van der Waals surface area contributed by atoms with E-state index in [0.29, 0.717) is 27.4 Å². The van der Waals surface area contributed by atoms with Crippen molar-refractivity contribution in [2.45, 2.75) is 0 Å². The molecule has 0 bridgehead atoms. The van der Waals surface area contributed by atoms with Gasteiger partial charge in [-0.25, -0.2) is 4.79 Å². The number of anilines is 1. The lowest BCUT2D eigenvalue weighted by molar-refractivity contribution is -0.136. The Labute approximate surface area is 150 Å². The quantitative estimate of drug-likeness (QED) is 0.466. The lowest BCUT2D eigenvalue weighted by Crippen LogP contribution is -2.25. The monoisotopic (exact) mass is 405 g/mol. The number of carbonyl (C=O) groups excluding carboxylic acids is 3. The van der Waals surface area contributed by atoms with Crippen LogP contribution in [0.1, 0.15) is 16.1 Å². The summed E-state index contributed by atoms with van der Waals surface area (Å²) in [6.45, 7) is -0.477. The van der Waals surface area contributed by atoms with Crippen LogP contribution in [-0.4, -0.2) is 30.9 Å². The minimum Gasteiger partial charge on any atom is -0.482 e. The predicted molar refractivity (Wildman–Crippen MR) is 91.3 cm³/mol. The van der Waals surface area contributed by atoms with Gasteiger partial charge >= 0.3 is 5.97 Å². The third-order valence-corrected chi connectivity index (χ3v) is 3.68. The molecule has 2 aromatic rings. The first-order chi connectivity index (χ1) is 12.0. The Bertz CT molecular complexity index is 870. The van der Waals surface area contributed by atoms with Crippen LogP contribution in [0.2, 0.25) is 0 Å². The van der Waals surface area contributed by atoms with Crippen LogP contribution < -0.4 is 10.1 Å². The van der Waals surface area contributed by atoms with E-state index in [-0.39, 0.29) is 12.5 Å². The van der Waals surface area contributed by atoms with Crippen molar-refractivity contribution in [2.24, 2.45) is 0 Å². The predicted octanol–water partition coefficient (Wildman–Crippen LogP) is 2.81. The number of benzene rings is 1. The van der Waals surface area contributed by atoms with Crippen LogP contribution >= 0.6 is 15.9 Å². The van der Waals surface area contributed by atoms with E-state index in [0.717, 1.165) is 0 Å². The molecule has 128 valence electrons. The summed E-state index contributed by atoms with van der Waals surface area (Å²) in [4.78, 5) is 35.1. The maximum atomic E-state index is 12.1. The largest absolute Gasteiger partial charge is 0.482 e. The number of carbonyl (C=O) groups is 3. The summed E-state index contributed by atoms with van der Waals surface area (Å²) in [7, 11) is 0. The van der Waals surface area contributed by atoms with Crippen LogP contribution in [0, 0.1) is 0 Å². The fraction of sp³-hybridized carbons (Fsp3) is 0.118. The van der Waals surface area contributed by atoms with E-state index >= 15 is 0 Å². The van der Waals surface area contributed by atoms with Crippen LogP contribution in [0.4, 0.5) is 5.69 Å². The van der Waals surface area contributed by atoms with Crippen LogP contribution in [0.15, 0.2) is 45.5 Å². The number of furan rings is 1. The molecule has 0 saturated carbocycles. The average molecular weight is 406 g/mol. The Balaban J connectivity index is 1.57. The summed E-state index contributed by atoms with van der Waals surface area (Å²) in [5.41, 5.74) is 0.716. The minimum absolute atomic E-state index is 0.0590. The van der Waals surface area contributed by atoms with E-state index in [1.165, 1.54) is 18.2 Å². The van der Waals surface area contributed by atoms with Crippen molar-refractivity contribution >= 4 is 45.4 Å². The van der Waals surface area contributed by atoms with E-state index in [4.69, 9.17) is 13.9 Å². The van der Waals surface area contributed by atoms with Crippen molar-refractivity contribution in [3.05, 3.63) is 52.4 Å². The van der Waals surface area contributed by atoms with Crippen LogP contribution in [0.25, 0.3) is 6.08 Å². The van der Waals surface area contributed by atoms with Gasteiger partial charge in [-0.3, -0.25) is 9.59 Å². The van der Waals surface area contributed by atoms with Crippen molar-refractivity contribution in [3.8, 4) is 5.75 Å². The third-order valence-electron chi connectivity index (χ3n) is 3.26. The molecule has 8 heteroatoms. The number of esters is 1. The molecular formula is C17H12BrNO6. The van der Waals surface area contributed by atoms with Crippen LogP contribution in [-0.2, 0) is 14.3 Å².